The Hall–Kier alpha value is -2.11. The lowest BCUT2D eigenvalue weighted by Crippen LogP contribution is -2.32. The van der Waals surface area contributed by atoms with Gasteiger partial charge >= 0.3 is 5.97 Å². The summed E-state index contributed by atoms with van der Waals surface area (Å²) < 4.78 is 1.37. The first kappa shape index (κ1) is 15.3. The Morgan fingerprint density at radius 1 is 1.48 bits per heavy atom. The molecule has 1 aromatic rings. The average molecular weight is 291 g/mol. The van der Waals surface area contributed by atoms with E-state index in [2.05, 4.69) is 16.5 Å². The molecule has 0 aliphatic heterocycles. The Balaban J connectivity index is 1.81. The number of amides is 1. The highest BCUT2D eigenvalue weighted by atomic mass is 16.4. The molecule has 6 heteroatoms. The van der Waals surface area contributed by atoms with Crippen LogP contribution >= 0.6 is 0 Å². The minimum absolute atomic E-state index is 0.0852. The Bertz CT molecular complexity index is 548. The highest BCUT2D eigenvalue weighted by Crippen LogP contribution is 2.19. The summed E-state index contributed by atoms with van der Waals surface area (Å²) in [6, 6.07) is -0.515. The zero-order valence-corrected chi connectivity index (χ0v) is 12.2. The Morgan fingerprint density at radius 3 is 2.90 bits per heavy atom. The van der Waals surface area contributed by atoms with Gasteiger partial charge in [0.15, 0.2) is 0 Å². The van der Waals surface area contributed by atoms with Crippen molar-refractivity contribution in [1.29, 1.82) is 0 Å². The number of carboxylic acids is 1. The first-order valence-corrected chi connectivity index (χ1v) is 7.31. The van der Waals surface area contributed by atoms with Crippen molar-refractivity contribution >= 4 is 11.9 Å². The maximum absolute atomic E-state index is 12.0. The van der Waals surface area contributed by atoms with Crippen LogP contribution in [0.25, 0.3) is 0 Å². The summed E-state index contributed by atoms with van der Waals surface area (Å²) in [7, 11) is 0. The molecule has 0 spiro atoms. The lowest BCUT2D eigenvalue weighted by atomic mass is 9.97. The summed E-state index contributed by atoms with van der Waals surface area (Å²) in [4.78, 5) is 22.8. The molecule has 6 nitrogen and oxygen atoms in total. The van der Waals surface area contributed by atoms with Crippen molar-refractivity contribution in [2.45, 2.75) is 45.1 Å². The van der Waals surface area contributed by atoms with Gasteiger partial charge in [0, 0.05) is 12.7 Å². The minimum Gasteiger partial charge on any atom is -0.478 e. The predicted octanol–water partition coefficient (Wildman–Crippen LogP) is 2.15. The number of carbonyl (C=O) groups excluding carboxylic acids is 1. The van der Waals surface area contributed by atoms with E-state index in [1.165, 1.54) is 35.5 Å². The summed E-state index contributed by atoms with van der Waals surface area (Å²) in [5.41, 5.74) is 1.50. The molecular weight excluding hydrogens is 270 g/mol. The van der Waals surface area contributed by atoms with Crippen molar-refractivity contribution in [3.05, 3.63) is 29.6 Å². The van der Waals surface area contributed by atoms with Crippen molar-refractivity contribution in [3.8, 4) is 0 Å². The third-order valence-electron chi connectivity index (χ3n) is 3.76. The summed E-state index contributed by atoms with van der Waals surface area (Å²) in [5.74, 6) is -1.19. The SMILES string of the molecule is CC(C(=O)NCCC1=CCCCC1)n1cc(C(=O)O)cn1. The van der Waals surface area contributed by atoms with E-state index in [0.717, 1.165) is 19.3 Å². The minimum atomic E-state index is -1.04. The van der Waals surface area contributed by atoms with Gasteiger partial charge in [0.1, 0.15) is 6.04 Å². The van der Waals surface area contributed by atoms with Gasteiger partial charge in [0.05, 0.1) is 11.8 Å². The van der Waals surface area contributed by atoms with Crippen LogP contribution in [0.1, 0.15) is 55.4 Å². The fourth-order valence-corrected chi connectivity index (χ4v) is 2.41. The maximum atomic E-state index is 12.0. The van der Waals surface area contributed by atoms with Crippen LogP contribution in [0.5, 0.6) is 0 Å². The Labute approximate surface area is 123 Å². The molecular formula is C15H21N3O3. The van der Waals surface area contributed by atoms with Gasteiger partial charge < -0.3 is 10.4 Å². The average Bonchev–Trinajstić information content (AvgIpc) is 2.97. The number of nitrogens with zero attached hydrogens (tertiary/aromatic N) is 2. The van der Waals surface area contributed by atoms with E-state index in [-0.39, 0.29) is 11.5 Å². The van der Waals surface area contributed by atoms with Crippen LogP contribution in [0.2, 0.25) is 0 Å². The quantitative estimate of drug-likeness (QED) is 0.786. The first-order chi connectivity index (χ1) is 10.1. The summed E-state index contributed by atoms with van der Waals surface area (Å²) in [6.45, 7) is 2.32. The maximum Gasteiger partial charge on any atom is 0.338 e. The van der Waals surface area contributed by atoms with Crippen molar-refractivity contribution < 1.29 is 14.7 Å². The van der Waals surface area contributed by atoms with Gasteiger partial charge in [0.25, 0.3) is 0 Å². The van der Waals surface area contributed by atoms with Gasteiger partial charge in [-0.05, 0) is 39.0 Å². The van der Waals surface area contributed by atoms with E-state index in [1.54, 1.807) is 6.92 Å². The van der Waals surface area contributed by atoms with E-state index in [4.69, 9.17) is 5.11 Å². The number of aromatic nitrogens is 2. The molecule has 1 aromatic heterocycles. The van der Waals surface area contributed by atoms with Crippen LogP contribution in [-0.4, -0.2) is 33.3 Å². The molecule has 1 amide bonds. The molecule has 1 unspecified atom stereocenters. The molecule has 1 heterocycles. The fourth-order valence-electron chi connectivity index (χ4n) is 2.41. The van der Waals surface area contributed by atoms with E-state index in [1.807, 2.05) is 0 Å². The molecule has 0 saturated heterocycles. The molecule has 1 aliphatic rings. The molecule has 1 atom stereocenters. The molecule has 0 radical (unpaired) electrons. The molecule has 1 aliphatic carbocycles. The standard InChI is InChI=1S/C15H21N3O3/c1-11(18-10-13(9-17-18)15(20)21)14(19)16-8-7-12-5-3-2-4-6-12/h5,9-11H,2-4,6-8H2,1H3,(H,16,19)(H,20,21). The highest BCUT2D eigenvalue weighted by Gasteiger charge is 2.17. The van der Waals surface area contributed by atoms with Gasteiger partial charge in [0.2, 0.25) is 5.91 Å². The Morgan fingerprint density at radius 2 is 2.29 bits per heavy atom. The first-order valence-electron chi connectivity index (χ1n) is 7.31. The van der Waals surface area contributed by atoms with Crippen molar-refractivity contribution in [2.24, 2.45) is 0 Å². The number of hydrogen-bond donors (Lipinski definition) is 2. The second kappa shape index (κ2) is 7.06. The lowest BCUT2D eigenvalue weighted by molar-refractivity contribution is -0.124. The number of carbonyl (C=O) groups is 2. The van der Waals surface area contributed by atoms with E-state index in [0.29, 0.717) is 6.54 Å². The van der Waals surface area contributed by atoms with Crippen molar-refractivity contribution in [3.63, 3.8) is 0 Å². The number of rotatable bonds is 6. The summed E-state index contributed by atoms with van der Waals surface area (Å²) in [6.07, 6.45) is 10.6. The molecule has 0 bridgehead atoms. The molecule has 2 N–H and O–H groups in total. The molecule has 0 fully saturated rings. The number of nitrogens with one attached hydrogen (secondary N) is 1. The number of carboxylic acid groups (broad SMARTS) is 1. The highest BCUT2D eigenvalue weighted by molar-refractivity contribution is 5.87. The third kappa shape index (κ3) is 4.18. The van der Waals surface area contributed by atoms with Crippen LogP contribution in [0.3, 0.4) is 0 Å². The smallest absolute Gasteiger partial charge is 0.338 e. The zero-order valence-electron chi connectivity index (χ0n) is 12.2. The topological polar surface area (TPSA) is 84.2 Å². The van der Waals surface area contributed by atoms with Gasteiger partial charge in [-0.25, -0.2) is 4.79 Å². The molecule has 0 saturated carbocycles. The van der Waals surface area contributed by atoms with E-state index < -0.39 is 12.0 Å². The van der Waals surface area contributed by atoms with Gasteiger partial charge in [-0.2, -0.15) is 5.10 Å². The monoisotopic (exact) mass is 291 g/mol. The summed E-state index contributed by atoms with van der Waals surface area (Å²) in [5, 5.41) is 15.6. The van der Waals surface area contributed by atoms with Crippen LogP contribution in [0, 0.1) is 0 Å². The molecule has 2 rings (SSSR count). The zero-order chi connectivity index (χ0) is 15.2. The summed E-state index contributed by atoms with van der Waals surface area (Å²) >= 11 is 0. The van der Waals surface area contributed by atoms with Crippen LogP contribution in [0.4, 0.5) is 0 Å². The molecule has 0 aromatic carbocycles. The van der Waals surface area contributed by atoms with Crippen molar-refractivity contribution in [2.75, 3.05) is 6.54 Å². The van der Waals surface area contributed by atoms with Gasteiger partial charge in [-0.3, -0.25) is 9.48 Å². The second-order valence-corrected chi connectivity index (χ2v) is 5.34. The number of allylic oxidation sites excluding steroid dienone is 1. The third-order valence-corrected chi connectivity index (χ3v) is 3.76. The number of aromatic carboxylic acids is 1. The largest absolute Gasteiger partial charge is 0.478 e. The lowest BCUT2D eigenvalue weighted by Gasteiger charge is -2.15. The van der Waals surface area contributed by atoms with Crippen molar-refractivity contribution in [1.82, 2.24) is 15.1 Å². The van der Waals surface area contributed by atoms with Crippen LogP contribution in [0.15, 0.2) is 24.0 Å². The Kier molecular flexibility index (Phi) is 5.14. The van der Waals surface area contributed by atoms with E-state index >= 15 is 0 Å². The predicted molar refractivity (Wildman–Crippen MR) is 78.1 cm³/mol. The molecule has 21 heavy (non-hydrogen) atoms. The van der Waals surface area contributed by atoms with Crippen LogP contribution < -0.4 is 5.32 Å². The van der Waals surface area contributed by atoms with E-state index in [9.17, 15) is 9.59 Å². The van der Waals surface area contributed by atoms with Gasteiger partial charge in [-0.15, -0.1) is 0 Å². The molecule has 114 valence electrons. The van der Waals surface area contributed by atoms with Crippen LogP contribution in [-0.2, 0) is 4.79 Å². The number of hydrogen-bond acceptors (Lipinski definition) is 3. The van der Waals surface area contributed by atoms with Gasteiger partial charge in [-0.1, -0.05) is 11.6 Å². The second-order valence-electron chi connectivity index (χ2n) is 5.34. The fraction of sp³-hybridized carbons (Fsp3) is 0.533. The normalized spacial score (nSPS) is 16.1.